The Morgan fingerprint density at radius 2 is 1.78 bits per heavy atom. The normalized spacial score (nSPS) is 11.1. The van der Waals surface area contributed by atoms with Crippen LogP contribution in [0.2, 0.25) is 0 Å². The van der Waals surface area contributed by atoms with Gasteiger partial charge in [-0.25, -0.2) is 4.98 Å². The van der Waals surface area contributed by atoms with E-state index >= 15 is 0 Å². The van der Waals surface area contributed by atoms with Crippen molar-refractivity contribution in [2.24, 2.45) is 0 Å². The monoisotopic (exact) mass is 370 g/mol. The van der Waals surface area contributed by atoms with E-state index in [9.17, 15) is 4.79 Å². The number of aromatic nitrogens is 1. The molecule has 0 radical (unpaired) electrons. The van der Waals surface area contributed by atoms with Crippen molar-refractivity contribution >= 4 is 39.2 Å². The van der Waals surface area contributed by atoms with E-state index < -0.39 is 0 Å². The van der Waals surface area contributed by atoms with Crippen LogP contribution >= 0.6 is 11.3 Å². The van der Waals surface area contributed by atoms with Crippen LogP contribution in [-0.4, -0.2) is 10.9 Å². The maximum absolute atomic E-state index is 12.1. The van der Waals surface area contributed by atoms with Gasteiger partial charge in [-0.3, -0.25) is 10.1 Å². The molecule has 0 unspecified atom stereocenters. The first-order valence-corrected chi connectivity index (χ1v) is 9.56. The standard InChI is InChI=1S/C23H18N2OS/c1-16-6-8-17(9-7-16)10-13-22(26)25-23-24-21(15-27-23)20-12-11-18-4-2-3-5-19(18)14-20/h2-15H,1H3,(H,24,25,26). The number of rotatable bonds is 4. The molecule has 0 bridgehead atoms. The Hall–Kier alpha value is -3.24. The fraction of sp³-hybridized carbons (Fsp3) is 0.0435. The van der Waals surface area contributed by atoms with Gasteiger partial charge >= 0.3 is 0 Å². The maximum atomic E-state index is 12.1. The third-order valence-corrected chi connectivity index (χ3v) is 5.04. The van der Waals surface area contributed by atoms with Crippen LogP contribution in [-0.2, 0) is 4.79 Å². The van der Waals surface area contributed by atoms with E-state index in [1.807, 2.05) is 48.7 Å². The van der Waals surface area contributed by atoms with Crippen LogP contribution in [0.1, 0.15) is 11.1 Å². The largest absolute Gasteiger partial charge is 0.298 e. The van der Waals surface area contributed by atoms with Crippen molar-refractivity contribution in [3.05, 3.63) is 89.3 Å². The molecule has 0 aliphatic rings. The van der Waals surface area contributed by atoms with Gasteiger partial charge in [0.05, 0.1) is 5.69 Å². The third-order valence-electron chi connectivity index (χ3n) is 4.28. The predicted molar refractivity (Wildman–Crippen MR) is 114 cm³/mol. The smallest absolute Gasteiger partial charge is 0.250 e. The number of thiazole rings is 1. The highest BCUT2D eigenvalue weighted by atomic mass is 32.1. The first-order chi connectivity index (χ1) is 13.2. The first kappa shape index (κ1) is 17.2. The van der Waals surface area contributed by atoms with E-state index in [2.05, 4.69) is 40.6 Å². The lowest BCUT2D eigenvalue weighted by Gasteiger charge is -2.01. The lowest BCUT2D eigenvalue weighted by Crippen LogP contribution is -2.07. The number of fused-ring (bicyclic) bond motifs is 1. The average molecular weight is 370 g/mol. The zero-order valence-electron chi connectivity index (χ0n) is 14.8. The Balaban J connectivity index is 1.47. The molecule has 4 aromatic rings. The minimum Gasteiger partial charge on any atom is -0.298 e. The van der Waals surface area contributed by atoms with Gasteiger partial charge in [0.1, 0.15) is 0 Å². The Morgan fingerprint density at radius 3 is 2.59 bits per heavy atom. The number of carbonyl (C=O) groups excluding carboxylic acids is 1. The number of hydrogen-bond acceptors (Lipinski definition) is 3. The van der Waals surface area contributed by atoms with Gasteiger partial charge < -0.3 is 0 Å². The lowest BCUT2D eigenvalue weighted by molar-refractivity contribution is -0.111. The summed E-state index contributed by atoms with van der Waals surface area (Å²) in [5.41, 5.74) is 4.09. The summed E-state index contributed by atoms with van der Waals surface area (Å²) >= 11 is 1.42. The van der Waals surface area contributed by atoms with E-state index in [1.54, 1.807) is 6.08 Å². The topological polar surface area (TPSA) is 42.0 Å². The van der Waals surface area contributed by atoms with Gasteiger partial charge in [0.15, 0.2) is 5.13 Å². The SMILES string of the molecule is Cc1ccc(C=CC(=O)Nc2nc(-c3ccc4ccccc4c3)cs2)cc1. The Morgan fingerprint density at radius 1 is 1.00 bits per heavy atom. The molecule has 0 saturated carbocycles. The van der Waals surface area contributed by atoms with E-state index in [4.69, 9.17) is 0 Å². The summed E-state index contributed by atoms with van der Waals surface area (Å²) in [5, 5.41) is 7.76. The van der Waals surface area contributed by atoms with Crippen LogP contribution < -0.4 is 5.32 Å². The number of anilines is 1. The Labute approximate surface area is 162 Å². The summed E-state index contributed by atoms with van der Waals surface area (Å²) in [6, 6.07) is 22.5. The molecule has 0 saturated heterocycles. The second-order valence-corrected chi connectivity index (χ2v) is 7.19. The third kappa shape index (κ3) is 4.13. The average Bonchev–Trinajstić information content (AvgIpc) is 3.15. The summed E-state index contributed by atoms with van der Waals surface area (Å²) in [7, 11) is 0. The second kappa shape index (κ2) is 7.56. The fourth-order valence-electron chi connectivity index (χ4n) is 2.81. The highest BCUT2D eigenvalue weighted by Gasteiger charge is 2.07. The number of aryl methyl sites for hydroxylation is 1. The van der Waals surface area contributed by atoms with Gasteiger partial charge in [-0.2, -0.15) is 0 Å². The minimum atomic E-state index is -0.185. The quantitative estimate of drug-likeness (QED) is 0.453. The summed E-state index contributed by atoms with van der Waals surface area (Å²) < 4.78 is 0. The van der Waals surface area contributed by atoms with Crippen molar-refractivity contribution in [1.29, 1.82) is 0 Å². The van der Waals surface area contributed by atoms with Gasteiger partial charge in [-0.1, -0.05) is 66.2 Å². The molecule has 4 heteroatoms. The molecule has 0 aliphatic heterocycles. The van der Waals surface area contributed by atoms with Crippen LogP contribution in [0.3, 0.4) is 0 Å². The van der Waals surface area contributed by atoms with Crippen LogP contribution in [0, 0.1) is 6.92 Å². The number of carbonyl (C=O) groups is 1. The molecular weight excluding hydrogens is 352 g/mol. The molecule has 4 rings (SSSR count). The zero-order chi connectivity index (χ0) is 18.6. The van der Waals surface area contributed by atoms with Gasteiger partial charge in [0.2, 0.25) is 5.91 Å². The fourth-order valence-corrected chi connectivity index (χ4v) is 3.53. The van der Waals surface area contributed by atoms with E-state index in [0.29, 0.717) is 5.13 Å². The zero-order valence-corrected chi connectivity index (χ0v) is 15.7. The van der Waals surface area contributed by atoms with E-state index in [0.717, 1.165) is 16.8 Å². The second-order valence-electron chi connectivity index (χ2n) is 6.33. The molecular formula is C23H18N2OS. The van der Waals surface area contributed by atoms with Crippen LogP contribution in [0.4, 0.5) is 5.13 Å². The van der Waals surface area contributed by atoms with Crippen molar-refractivity contribution in [1.82, 2.24) is 4.98 Å². The van der Waals surface area contributed by atoms with E-state index in [-0.39, 0.29) is 5.91 Å². The highest BCUT2D eigenvalue weighted by Crippen LogP contribution is 2.27. The van der Waals surface area contributed by atoms with Crippen molar-refractivity contribution in [2.75, 3.05) is 5.32 Å². The summed E-state index contributed by atoms with van der Waals surface area (Å²) in [4.78, 5) is 16.7. The molecule has 27 heavy (non-hydrogen) atoms. The summed E-state index contributed by atoms with van der Waals surface area (Å²) in [5.74, 6) is -0.185. The molecule has 0 atom stereocenters. The predicted octanol–water partition coefficient (Wildman–Crippen LogP) is 5.92. The summed E-state index contributed by atoms with van der Waals surface area (Å²) in [6.07, 6.45) is 3.33. The number of nitrogens with one attached hydrogen (secondary N) is 1. The number of hydrogen-bond donors (Lipinski definition) is 1. The molecule has 0 spiro atoms. The molecule has 1 aromatic heterocycles. The minimum absolute atomic E-state index is 0.185. The highest BCUT2D eigenvalue weighted by molar-refractivity contribution is 7.14. The van der Waals surface area contributed by atoms with Gasteiger partial charge in [0.25, 0.3) is 0 Å². The molecule has 1 amide bonds. The molecule has 132 valence electrons. The molecule has 1 N–H and O–H groups in total. The number of benzene rings is 3. The van der Waals surface area contributed by atoms with Gasteiger partial charge in [-0.05, 0) is 35.4 Å². The lowest BCUT2D eigenvalue weighted by atomic mass is 10.1. The van der Waals surface area contributed by atoms with E-state index in [1.165, 1.54) is 33.7 Å². The Bertz CT molecular complexity index is 1130. The maximum Gasteiger partial charge on any atom is 0.250 e. The molecule has 0 fully saturated rings. The van der Waals surface area contributed by atoms with Crippen LogP contribution in [0.15, 0.2) is 78.2 Å². The number of amides is 1. The van der Waals surface area contributed by atoms with Gasteiger partial charge in [0, 0.05) is 17.0 Å². The Kier molecular flexibility index (Phi) is 4.81. The van der Waals surface area contributed by atoms with Crippen molar-refractivity contribution in [3.8, 4) is 11.3 Å². The first-order valence-electron chi connectivity index (χ1n) is 8.68. The van der Waals surface area contributed by atoms with Crippen molar-refractivity contribution in [2.45, 2.75) is 6.92 Å². The molecule has 3 aromatic carbocycles. The number of nitrogens with zero attached hydrogens (tertiary/aromatic N) is 1. The van der Waals surface area contributed by atoms with Crippen LogP contribution in [0.25, 0.3) is 28.1 Å². The molecule has 3 nitrogen and oxygen atoms in total. The van der Waals surface area contributed by atoms with Crippen molar-refractivity contribution in [3.63, 3.8) is 0 Å². The van der Waals surface area contributed by atoms with Gasteiger partial charge in [-0.15, -0.1) is 11.3 Å². The summed E-state index contributed by atoms with van der Waals surface area (Å²) in [6.45, 7) is 2.04. The molecule has 0 aliphatic carbocycles. The molecule has 1 heterocycles. The van der Waals surface area contributed by atoms with Crippen LogP contribution in [0.5, 0.6) is 0 Å². The van der Waals surface area contributed by atoms with Crippen molar-refractivity contribution < 1.29 is 4.79 Å².